The van der Waals surface area contributed by atoms with Gasteiger partial charge in [0.15, 0.2) is 14.1 Å². The van der Waals surface area contributed by atoms with Crippen LogP contribution in [0.3, 0.4) is 0 Å². The SMILES string of the molecule is CCOC(=O)[C@]12O[C@](CCc3ccccc3)(O[C@H](C)[C@@]1(O[Si](C)(C)C)C(=O)OC)[C@H](O)[C@H]2O. The fourth-order valence-electron chi connectivity index (χ4n) is 4.86. The molecule has 2 fully saturated rings. The molecular formula is C23H34O9Si. The molecule has 0 spiro atoms. The molecule has 2 saturated heterocycles. The Bertz CT molecular complexity index is 872. The lowest BCUT2D eigenvalue weighted by Crippen LogP contribution is -2.78. The number of methoxy groups -OCH3 is 1. The number of hydrogen-bond acceptors (Lipinski definition) is 9. The molecule has 9 nitrogen and oxygen atoms in total. The molecule has 33 heavy (non-hydrogen) atoms. The molecule has 0 radical (unpaired) electrons. The maximum Gasteiger partial charge on any atom is 0.345 e. The van der Waals surface area contributed by atoms with E-state index in [9.17, 15) is 19.8 Å². The molecule has 2 heterocycles. The summed E-state index contributed by atoms with van der Waals surface area (Å²) in [5, 5.41) is 22.5. The third kappa shape index (κ3) is 4.02. The number of aliphatic hydroxyl groups is 2. The van der Waals surface area contributed by atoms with Crippen LogP contribution >= 0.6 is 0 Å². The molecule has 2 N–H and O–H groups in total. The first-order valence-electron chi connectivity index (χ1n) is 11.1. The summed E-state index contributed by atoms with van der Waals surface area (Å²) in [6.45, 7) is 8.56. The number of ether oxygens (including phenoxy) is 4. The van der Waals surface area contributed by atoms with E-state index in [1.165, 1.54) is 0 Å². The first-order valence-corrected chi connectivity index (χ1v) is 14.5. The minimum absolute atomic E-state index is 0.0385. The van der Waals surface area contributed by atoms with E-state index >= 15 is 0 Å². The van der Waals surface area contributed by atoms with Gasteiger partial charge in [-0.2, -0.15) is 0 Å². The largest absolute Gasteiger partial charge is 0.467 e. The second kappa shape index (κ2) is 9.08. The number of aliphatic hydroxyl groups excluding tert-OH is 2. The molecule has 0 unspecified atom stereocenters. The summed E-state index contributed by atoms with van der Waals surface area (Å²) < 4.78 is 29.0. The zero-order valence-corrected chi connectivity index (χ0v) is 21.0. The molecule has 2 bridgehead atoms. The van der Waals surface area contributed by atoms with E-state index in [2.05, 4.69) is 0 Å². The Morgan fingerprint density at radius 2 is 1.73 bits per heavy atom. The quantitative estimate of drug-likeness (QED) is 0.420. The number of hydrogen-bond donors (Lipinski definition) is 2. The van der Waals surface area contributed by atoms with Crippen LogP contribution in [0.2, 0.25) is 19.6 Å². The number of carbonyl (C=O) groups is 2. The zero-order valence-electron chi connectivity index (χ0n) is 20.0. The van der Waals surface area contributed by atoms with E-state index in [-0.39, 0.29) is 13.0 Å². The molecule has 2 aliphatic heterocycles. The summed E-state index contributed by atoms with van der Waals surface area (Å²) in [6.07, 6.45) is -4.09. The molecule has 3 rings (SSSR count). The molecule has 1 aromatic carbocycles. The first kappa shape index (κ1) is 25.8. The summed E-state index contributed by atoms with van der Waals surface area (Å²) in [4.78, 5) is 26.8. The van der Waals surface area contributed by atoms with Gasteiger partial charge in [0.25, 0.3) is 0 Å². The van der Waals surface area contributed by atoms with Crippen LogP contribution in [0, 0.1) is 0 Å². The zero-order chi connectivity index (χ0) is 24.7. The minimum Gasteiger partial charge on any atom is -0.467 e. The van der Waals surface area contributed by atoms with Gasteiger partial charge in [-0.25, -0.2) is 9.59 Å². The summed E-state index contributed by atoms with van der Waals surface area (Å²) in [5.74, 6) is -3.73. The van der Waals surface area contributed by atoms with Gasteiger partial charge in [0, 0.05) is 6.42 Å². The van der Waals surface area contributed by atoms with E-state index in [4.69, 9.17) is 23.4 Å². The smallest absolute Gasteiger partial charge is 0.345 e. The molecule has 2 aliphatic rings. The predicted molar refractivity (Wildman–Crippen MR) is 120 cm³/mol. The lowest BCUT2D eigenvalue weighted by atomic mass is 9.75. The third-order valence-corrected chi connectivity index (χ3v) is 7.07. The van der Waals surface area contributed by atoms with Crippen molar-refractivity contribution in [1.29, 1.82) is 0 Å². The summed E-state index contributed by atoms with van der Waals surface area (Å²) in [5.41, 5.74) is -3.62. The lowest BCUT2D eigenvalue weighted by molar-refractivity contribution is -0.373. The molecule has 0 aromatic heterocycles. The Hall–Kier alpha value is -1.82. The molecule has 10 heteroatoms. The molecule has 6 atom stereocenters. The number of carbonyl (C=O) groups excluding carboxylic acids is 2. The van der Waals surface area contributed by atoms with Gasteiger partial charge in [0.05, 0.1) is 13.7 Å². The summed E-state index contributed by atoms with van der Waals surface area (Å²) >= 11 is 0. The van der Waals surface area contributed by atoms with E-state index in [0.717, 1.165) is 12.7 Å². The number of fused-ring (bicyclic) bond motifs is 2. The Labute approximate surface area is 195 Å². The van der Waals surface area contributed by atoms with E-state index < -0.39 is 55.6 Å². The number of benzene rings is 1. The molecule has 0 aliphatic carbocycles. The fraction of sp³-hybridized carbons (Fsp3) is 0.652. The van der Waals surface area contributed by atoms with Crippen molar-refractivity contribution in [2.45, 2.75) is 81.6 Å². The second-order valence-corrected chi connectivity index (χ2v) is 13.9. The highest BCUT2D eigenvalue weighted by Crippen LogP contribution is 2.57. The van der Waals surface area contributed by atoms with Crippen molar-refractivity contribution in [2.24, 2.45) is 0 Å². The van der Waals surface area contributed by atoms with Crippen molar-refractivity contribution in [3.05, 3.63) is 35.9 Å². The Morgan fingerprint density at radius 3 is 2.27 bits per heavy atom. The first-order chi connectivity index (χ1) is 15.4. The Kier molecular flexibility index (Phi) is 7.10. The van der Waals surface area contributed by atoms with Gasteiger partial charge >= 0.3 is 11.9 Å². The van der Waals surface area contributed by atoms with Gasteiger partial charge in [-0.3, -0.25) is 0 Å². The summed E-state index contributed by atoms with van der Waals surface area (Å²) in [6, 6.07) is 9.46. The highest BCUT2D eigenvalue weighted by Gasteiger charge is 2.84. The van der Waals surface area contributed by atoms with Crippen LogP contribution in [0.4, 0.5) is 0 Å². The van der Waals surface area contributed by atoms with Crippen LogP contribution in [0.5, 0.6) is 0 Å². The fourth-order valence-corrected chi connectivity index (χ4v) is 6.22. The van der Waals surface area contributed by atoms with Crippen LogP contribution in [0.1, 0.15) is 25.8 Å². The number of aryl methyl sites for hydroxylation is 1. The molecule has 184 valence electrons. The maximum atomic E-state index is 13.5. The normalized spacial score (nSPS) is 35.8. The second-order valence-electron chi connectivity index (χ2n) is 9.45. The van der Waals surface area contributed by atoms with Crippen molar-refractivity contribution in [1.82, 2.24) is 0 Å². The van der Waals surface area contributed by atoms with Gasteiger partial charge in [-0.15, -0.1) is 0 Å². The highest BCUT2D eigenvalue weighted by atomic mass is 28.4. The maximum absolute atomic E-state index is 13.5. The van der Waals surface area contributed by atoms with Crippen LogP contribution < -0.4 is 0 Å². The molecule has 0 saturated carbocycles. The highest BCUT2D eigenvalue weighted by molar-refractivity contribution is 6.70. The van der Waals surface area contributed by atoms with Crippen molar-refractivity contribution in [2.75, 3.05) is 13.7 Å². The van der Waals surface area contributed by atoms with Gasteiger partial charge < -0.3 is 33.6 Å². The predicted octanol–water partition coefficient (Wildman–Crippen LogP) is 1.55. The van der Waals surface area contributed by atoms with Crippen LogP contribution in [-0.2, 0) is 39.4 Å². The van der Waals surface area contributed by atoms with Crippen LogP contribution in [-0.4, -0.2) is 79.5 Å². The Balaban J connectivity index is 2.17. The standard InChI is InChI=1S/C23H34O9Si/c1-7-29-20(27)23-18(25)17(24)21(31-23,14-13-16-11-9-8-10-12-16)30-15(2)22(23,19(26)28-3)32-33(4,5)6/h8-12,15,17-18,24-25H,7,13-14H2,1-6H3/t15-,17-,18-,21+,22-,23+/m1/s1. The van der Waals surface area contributed by atoms with Gasteiger partial charge in [0.1, 0.15) is 18.3 Å². The molecule has 0 amide bonds. The van der Waals surface area contributed by atoms with Crippen LogP contribution in [0.25, 0.3) is 0 Å². The van der Waals surface area contributed by atoms with E-state index in [1.807, 2.05) is 50.0 Å². The van der Waals surface area contributed by atoms with Crippen LogP contribution in [0.15, 0.2) is 30.3 Å². The summed E-state index contributed by atoms with van der Waals surface area (Å²) in [7, 11) is -1.45. The number of rotatable bonds is 8. The van der Waals surface area contributed by atoms with Crippen molar-refractivity contribution in [3.8, 4) is 0 Å². The van der Waals surface area contributed by atoms with Gasteiger partial charge in [0.2, 0.25) is 11.2 Å². The van der Waals surface area contributed by atoms with Crippen molar-refractivity contribution in [3.63, 3.8) is 0 Å². The van der Waals surface area contributed by atoms with Crippen molar-refractivity contribution < 1.29 is 43.2 Å². The number of esters is 2. The average molecular weight is 483 g/mol. The minimum atomic E-state index is -2.60. The van der Waals surface area contributed by atoms with Crippen molar-refractivity contribution >= 4 is 20.3 Å². The average Bonchev–Trinajstić information content (AvgIpc) is 2.96. The topological polar surface area (TPSA) is 121 Å². The van der Waals surface area contributed by atoms with E-state index in [0.29, 0.717) is 6.42 Å². The monoisotopic (exact) mass is 482 g/mol. The van der Waals surface area contributed by atoms with E-state index in [1.54, 1.807) is 13.8 Å². The Morgan fingerprint density at radius 1 is 1.09 bits per heavy atom. The lowest BCUT2D eigenvalue weighted by Gasteiger charge is -2.54. The van der Waals surface area contributed by atoms with Gasteiger partial charge in [-0.05, 0) is 45.5 Å². The molecular weight excluding hydrogens is 448 g/mol. The third-order valence-electron chi connectivity index (χ3n) is 6.14. The van der Waals surface area contributed by atoms with Gasteiger partial charge in [-0.1, -0.05) is 30.3 Å². The molecule has 1 aromatic rings.